The summed E-state index contributed by atoms with van der Waals surface area (Å²) in [5.41, 5.74) is 2.44. The molecule has 1 N–H and O–H groups in total. The Kier molecular flexibility index (Phi) is 2.94. The van der Waals surface area contributed by atoms with Crippen LogP contribution in [-0.2, 0) is 4.74 Å². The first-order valence-electron chi connectivity index (χ1n) is 5.80. The van der Waals surface area contributed by atoms with E-state index in [-0.39, 0.29) is 5.82 Å². The molecular weight excluding hydrogens is 310 g/mol. The highest BCUT2D eigenvalue weighted by atomic mass is 79.9. The number of hydrogen-bond acceptors (Lipinski definition) is 4. The lowest BCUT2D eigenvalue weighted by Gasteiger charge is -2.00. The molecule has 96 valence electrons. The predicted molar refractivity (Wildman–Crippen MR) is 75.1 cm³/mol. The van der Waals surface area contributed by atoms with Gasteiger partial charge in [0.2, 0.25) is 5.82 Å². The zero-order chi connectivity index (χ0) is 13.4. The summed E-state index contributed by atoms with van der Waals surface area (Å²) < 4.78 is 5.83. The summed E-state index contributed by atoms with van der Waals surface area (Å²) in [4.78, 5) is 23.2. The van der Waals surface area contributed by atoms with Crippen molar-refractivity contribution in [2.45, 2.75) is 6.92 Å². The van der Waals surface area contributed by atoms with Crippen LogP contribution in [0.2, 0.25) is 0 Å². The number of esters is 1. The first-order valence-corrected chi connectivity index (χ1v) is 6.60. The van der Waals surface area contributed by atoms with E-state index in [2.05, 4.69) is 30.9 Å². The van der Waals surface area contributed by atoms with Crippen LogP contribution in [0.4, 0.5) is 0 Å². The van der Waals surface area contributed by atoms with E-state index in [9.17, 15) is 4.79 Å². The normalized spacial score (nSPS) is 11.1. The molecule has 19 heavy (non-hydrogen) atoms. The second-order valence-electron chi connectivity index (χ2n) is 3.96. The van der Waals surface area contributed by atoms with Crippen molar-refractivity contribution in [2.75, 3.05) is 6.61 Å². The fourth-order valence-electron chi connectivity index (χ4n) is 1.97. The maximum absolute atomic E-state index is 11.7. The molecule has 3 rings (SSSR count). The lowest BCUT2D eigenvalue weighted by molar-refractivity contribution is 0.0512. The van der Waals surface area contributed by atoms with Crippen LogP contribution in [0, 0.1) is 0 Å². The molecule has 0 fully saturated rings. The highest BCUT2D eigenvalue weighted by Crippen LogP contribution is 2.29. The minimum atomic E-state index is -0.509. The van der Waals surface area contributed by atoms with Gasteiger partial charge in [-0.1, -0.05) is 22.0 Å². The Balaban J connectivity index is 2.26. The molecule has 1 aromatic carbocycles. The number of rotatable bonds is 2. The number of halogens is 1. The average molecular weight is 320 g/mol. The molecule has 0 saturated heterocycles. The second-order valence-corrected chi connectivity index (χ2v) is 4.82. The van der Waals surface area contributed by atoms with Crippen molar-refractivity contribution in [3.05, 3.63) is 34.7 Å². The van der Waals surface area contributed by atoms with E-state index in [1.54, 1.807) is 13.1 Å². The summed E-state index contributed by atoms with van der Waals surface area (Å²) in [5.74, 6) is -0.434. The Morgan fingerprint density at radius 2 is 2.26 bits per heavy atom. The summed E-state index contributed by atoms with van der Waals surface area (Å²) >= 11 is 3.49. The van der Waals surface area contributed by atoms with Gasteiger partial charge in [-0.3, -0.25) is 0 Å². The Labute approximate surface area is 117 Å². The van der Waals surface area contributed by atoms with E-state index >= 15 is 0 Å². The third-order valence-electron chi connectivity index (χ3n) is 2.77. The largest absolute Gasteiger partial charge is 0.460 e. The number of nitrogens with one attached hydrogen (secondary N) is 1. The monoisotopic (exact) mass is 319 g/mol. The van der Waals surface area contributed by atoms with Gasteiger partial charge in [0.05, 0.1) is 18.3 Å². The lowest BCUT2D eigenvalue weighted by atomic mass is 10.2. The minimum Gasteiger partial charge on any atom is -0.460 e. The van der Waals surface area contributed by atoms with Crippen LogP contribution in [0.25, 0.3) is 21.9 Å². The van der Waals surface area contributed by atoms with Crippen LogP contribution >= 0.6 is 15.9 Å². The molecule has 2 heterocycles. The molecule has 6 heteroatoms. The van der Waals surface area contributed by atoms with Gasteiger partial charge in [-0.2, -0.15) is 0 Å². The van der Waals surface area contributed by atoms with Crippen molar-refractivity contribution in [1.29, 1.82) is 0 Å². The summed E-state index contributed by atoms with van der Waals surface area (Å²) in [6, 6.07) is 5.81. The quantitative estimate of drug-likeness (QED) is 0.737. The first kappa shape index (κ1) is 12.1. The van der Waals surface area contributed by atoms with Gasteiger partial charge in [0.25, 0.3) is 0 Å². The summed E-state index contributed by atoms with van der Waals surface area (Å²) in [7, 11) is 0. The smallest absolute Gasteiger partial charge is 0.376 e. The number of fused-ring (bicyclic) bond motifs is 3. The topological polar surface area (TPSA) is 67.9 Å². The molecule has 0 radical (unpaired) electrons. The molecule has 0 unspecified atom stereocenters. The van der Waals surface area contributed by atoms with Crippen LogP contribution in [0.15, 0.2) is 28.9 Å². The van der Waals surface area contributed by atoms with Gasteiger partial charge >= 0.3 is 5.97 Å². The zero-order valence-corrected chi connectivity index (χ0v) is 11.7. The SMILES string of the molecule is CCOC(=O)c1ncc2[nH]c3cccc(Br)c3c2n1. The average Bonchev–Trinajstić information content (AvgIpc) is 2.77. The number of nitrogens with zero attached hydrogens (tertiary/aromatic N) is 2. The van der Waals surface area contributed by atoms with E-state index in [0.717, 1.165) is 20.9 Å². The van der Waals surface area contributed by atoms with Gasteiger partial charge in [0.1, 0.15) is 5.52 Å². The van der Waals surface area contributed by atoms with E-state index < -0.39 is 5.97 Å². The molecule has 0 amide bonds. The van der Waals surface area contributed by atoms with Crippen molar-refractivity contribution in [3.63, 3.8) is 0 Å². The van der Waals surface area contributed by atoms with Gasteiger partial charge in [-0.05, 0) is 19.1 Å². The molecule has 0 bridgehead atoms. The highest BCUT2D eigenvalue weighted by Gasteiger charge is 2.14. The third-order valence-corrected chi connectivity index (χ3v) is 3.43. The lowest BCUT2D eigenvalue weighted by Crippen LogP contribution is -2.09. The molecule has 2 aromatic heterocycles. The van der Waals surface area contributed by atoms with Crippen LogP contribution in [-0.4, -0.2) is 27.5 Å². The number of benzene rings is 1. The van der Waals surface area contributed by atoms with Crippen LogP contribution in [0.1, 0.15) is 17.5 Å². The third kappa shape index (κ3) is 1.98. The van der Waals surface area contributed by atoms with E-state index in [1.807, 2.05) is 18.2 Å². The van der Waals surface area contributed by atoms with E-state index in [1.165, 1.54) is 0 Å². The molecule has 5 nitrogen and oxygen atoms in total. The summed E-state index contributed by atoms with van der Waals surface area (Å²) in [5, 5.41) is 0.936. The molecule has 0 aliphatic rings. The number of aromatic amines is 1. The number of ether oxygens (including phenoxy) is 1. The van der Waals surface area contributed by atoms with Gasteiger partial charge in [0, 0.05) is 15.4 Å². The zero-order valence-electron chi connectivity index (χ0n) is 10.1. The van der Waals surface area contributed by atoms with Crippen LogP contribution in [0.3, 0.4) is 0 Å². The molecule has 0 atom stereocenters. The number of carbonyl (C=O) groups is 1. The van der Waals surface area contributed by atoms with Crippen molar-refractivity contribution in [2.24, 2.45) is 0 Å². The van der Waals surface area contributed by atoms with Crippen LogP contribution < -0.4 is 0 Å². The molecular formula is C13H10BrN3O2. The van der Waals surface area contributed by atoms with Gasteiger partial charge < -0.3 is 9.72 Å². The highest BCUT2D eigenvalue weighted by molar-refractivity contribution is 9.10. The standard InChI is InChI=1S/C13H10BrN3O2/c1-2-19-13(18)12-15-6-9-11(17-12)10-7(14)4-3-5-8(10)16-9/h3-6,16H,2H2,1H3. The fraction of sp³-hybridized carbons (Fsp3) is 0.154. The molecule has 0 saturated carbocycles. The van der Waals surface area contributed by atoms with Crippen LogP contribution in [0.5, 0.6) is 0 Å². The Morgan fingerprint density at radius 1 is 1.42 bits per heavy atom. The Hall–Kier alpha value is -1.95. The number of carbonyl (C=O) groups excluding carboxylic acids is 1. The van der Waals surface area contributed by atoms with Gasteiger partial charge in [-0.15, -0.1) is 0 Å². The van der Waals surface area contributed by atoms with Crippen molar-refractivity contribution >= 4 is 43.8 Å². The molecule has 0 aliphatic carbocycles. The second kappa shape index (κ2) is 4.62. The molecule has 0 aliphatic heterocycles. The maximum atomic E-state index is 11.7. The van der Waals surface area contributed by atoms with Gasteiger partial charge in [0.15, 0.2) is 0 Å². The Morgan fingerprint density at radius 3 is 3.05 bits per heavy atom. The number of hydrogen-bond donors (Lipinski definition) is 1. The minimum absolute atomic E-state index is 0.0750. The molecule has 3 aromatic rings. The van der Waals surface area contributed by atoms with Crippen molar-refractivity contribution < 1.29 is 9.53 Å². The predicted octanol–water partition coefficient (Wildman–Crippen LogP) is 3.05. The first-order chi connectivity index (χ1) is 9.20. The fourth-order valence-corrected chi connectivity index (χ4v) is 2.53. The molecule has 0 spiro atoms. The Bertz CT molecular complexity index is 782. The van der Waals surface area contributed by atoms with E-state index in [4.69, 9.17) is 4.74 Å². The van der Waals surface area contributed by atoms with Gasteiger partial charge in [-0.25, -0.2) is 14.8 Å². The summed E-state index contributed by atoms with van der Waals surface area (Å²) in [6.45, 7) is 2.05. The number of aromatic nitrogens is 3. The summed E-state index contributed by atoms with van der Waals surface area (Å²) in [6.07, 6.45) is 1.60. The van der Waals surface area contributed by atoms with E-state index in [0.29, 0.717) is 12.1 Å². The number of H-pyrrole nitrogens is 1. The van der Waals surface area contributed by atoms with Crippen molar-refractivity contribution in [1.82, 2.24) is 15.0 Å². The maximum Gasteiger partial charge on any atom is 0.376 e. The van der Waals surface area contributed by atoms with Crippen molar-refractivity contribution in [3.8, 4) is 0 Å².